The number of allylic oxidation sites excluding steroid dienone is 1. The molecule has 4 rings (SSSR count). The van der Waals surface area contributed by atoms with Gasteiger partial charge in [0.05, 0.1) is 5.69 Å². The second-order valence-electron chi connectivity index (χ2n) is 5.39. The Bertz CT molecular complexity index is 843. The summed E-state index contributed by atoms with van der Waals surface area (Å²) < 4.78 is 3.72. The molecule has 1 N–H and O–H groups in total. The van der Waals surface area contributed by atoms with E-state index in [-0.39, 0.29) is 6.04 Å². The number of rotatable bonds is 2. The summed E-state index contributed by atoms with van der Waals surface area (Å²) >= 11 is 0. The van der Waals surface area contributed by atoms with Gasteiger partial charge in [-0.3, -0.25) is 4.68 Å². The highest BCUT2D eigenvalue weighted by atomic mass is 15.4. The van der Waals surface area contributed by atoms with E-state index in [4.69, 9.17) is 0 Å². The molecule has 1 aliphatic rings. The van der Waals surface area contributed by atoms with Gasteiger partial charge in [0, 0.05) is 24.5 Å². The Balaban J connectivity index is 1.85. The van der Waals surface area contributed by atoms with Crippen molar-refractivity contribution >= 4 is 11.6 Å². The van der Waals surface area contributed by atoms with Gasteiger partial charge in [0.15, 0.2) is 0 Å². The van der Waals surface area contributed by atoms with Gasteiger partial charge in [0.2, 0.25) is 5.95 Å². The number of nitrogens with zero attached hydrogens (tertiary/aromatic N) is 5. The summed E-state index contributed by atoms with van der Waals surface area (Å²) in [6.45, 7) is 2.02. The lowest BCUT2D eigenvalue weighted by Gasteiger charge is -2.23. The number of aryl methyl sites for hydroxylation is 2. The molecule has 0 spiro atoms. The highest BCUT2D eigenvalue weighted by molar-refractivity contribution is 5.77. The molecule has 0 aliphatic carbocycles. The van der Waals surface area contributed by atoms with E-state index in [1.54, 1.807) is 6.33 Å². The molecule has 1 aliphatic heterocycles. The molecule has 6 nitrogen and oxygen atoms in total. The van der Waals surface area contributed by atoms with Crippen LogP contribution in [0.2, 0.25) is 0 Å². The van der Waals surface area contributed by atoms with Gasteiger partial charge >= 0.3 is 0 Å². The highest BCUT2D eigenvalue weighted by Gasteiger charge is 2.25. The molecule has 1 unspecified atom stereocenters. The fourth-order valence-corrected chi connectivity index (χ4v) is 2.85. The van der Waals surface area contributed by atoms with Gasteiger partial charge in [-0.25, -0.2) is 4.68 Å². The van der Waals surface area contributed by atoms with Crippen molar-refractivity contribution in [2.24, 2.45) is 7.05 Å². The van der Waals surface area contributed by atoms with Crippen LogP contribution in [0.25, 0.3) is 5.70 Å². The van der Waals surface area contributed by atoms with E-state index in [9.17, 15) is 0 Å². The van der Waals surface area contributed by atoms with Crippen LogP contribution >= 0.6 is 0 Å². The van der Waals surface area contributed by atoms with Gasteiger partial charge in [0.25, 0.3) is 0 Å². The van der Waals surface area contributed by atoms with Crippen LogP contribution in [0.4, 0.5) is 5.95 Å². The Hall–Kier alpha value is -2.89. The standard InChI is InChI=1S/C16H16N6/c1-11-13(9-21(2)20-11)15-8-14(12-6-4-3-5-7-12)19-16-17-10-18-22(15)16/h3-10,15H,1-2H3,(H,17,18,19). The second-order valence-corrected chi connectivity index (χ2v) is 5.39. The first kappa shape index (κ1) is 12.8. The maximum atomic E-state index is 4.45. The van der Waals surface area contributed by atoms with Crippen LogP contribution in [-0.4, -0.2) is 24.5 Å². The lowest BCUT2D eigenvalue weighted by molar-refractivity contribution is 0.609. The zero-order valence-corrected chi connectivity index (χ0v) is 12.4. The lowest BCUT2D eigenvalue weighted by atomic mass is 10.0. The predicted molar refractivity (Wildman–Crippen MR) is 84.1 cm³/mol. The monoisotopic (exact) mass is 292 g/mol. The molecule has 3 aromatic rings. The van der Waals surface area contributed by atoms with Crippen molar-refractivity contribution in [2.45, 2.75) is 13.0 Å². The first-order valence-electron chi connectivity index (χ1n) is 7.16. The van der Waals surface area contributed by atoms with Crippen LogP contribution in [0, 0.1) is 6.92 Å². The number of nitrogens with one attached hydrogen (secondary N) is 1. The van der Waals surface area contributed by atoms with E-state index in [1.165, 1.54) is 0 Å². The zero-order chi connectivity index (χ0) is 15.1. The number of hydrogen-bond donors (Lipinski definition) is 1. The third-order valence-electron chi connectivity index (χ3n) is 3.86. The minimum absolute atomic E-state index is 0.0114. The third kappa shape index (κ3) is 2.00. The van der Waals surface area contributed by atoms with Crippen molar-refractivity contribution in [3.05, 3.63) is 65.8 Å². The van der Waals surface area contributed by atoms with Gasteiger partial charge in [0.1, 0.15) is 12.4 Å². The molecule has 0 radical (unpaired) electrons. The smallest absolute Gasteiger partial charge is 0.226 e. The number of benzene rings is 1. The fraction of sp³-hybridized carbons (Fsp3) is 0.188. The molecule has 3 heterocycles. The van der Waals surface area contributed by atoms with E-state index < -0.39 is 0 Å². The molecule has 22 heavy (non-hydrogen) atoms. The van der Waals surface area contributed by atoms with Crippen LogP contribution in [0.15, 0.2) is 48.9 Å². The van der Waals surface area contributed by atoms with Gasteiger partial charge in [-0.05, 0) is 18.6 Å². The molecular weight excluding hydrogens is 276 g/mol. The first-order chi connectivity index (χ1) is 10.7. The SMILES string of the molecule is Cc1nn(C)cc1C1C=C(c2ccccc2)Nc2ncnn21. The summed E-state index contributed by atoms with van der Waals surface area (Å²) in [5.41, 5.74) is 4.29. The summed E-state index contributed by atoms with van der Waals surface area (Å²) in [6.07, 6.45) is 5.78. The van der Waals surface area contributed by atoms with Crippen LogP contribution in [0.5, 0.6) is 0 Å². The number of fused-ring (bicyclic) bond motifs is 1. The molecular formula is C16H16N6. The molecule has 1 aromatic carbocycles. The molecule has 0 amide bonds. The average Bonchev–Trinajstić information content (AvgIpc) is 3.13. The van der Waals surface area contributed by atoms with Crippen LogP contribution in [-0.2, 0) is 7.05 Å². The van der Waals surface area contributed by atoms with Crippen molar-refractivity contribution in [1.82, 2.24) is 24.5 Å². The van der Waals surface area contributed by atoms with Crippen molar-refractivity contribution in [1.29, 1.82) is 0 Å². The minimum Gasteiger partial charge on any atom is -0.324 e. The van der Waals surface area contributed by atoms with Crippen molar-refractivity contribution in [3.63, 3.8) is 0 Å². The Labute approximate surface area is 128 Å². The fourth-order valence-electron chi connectivity index (χ4n) is 2.85. The van der Waals surface area contributed by atoms with Crippen molar-refractivity contribution in [3.8, 4) is 0 Å². The summed E-state index contributed by atoms with van der Waals surface area (Å²) in [5.74, 6) is 0.745. The average molecular weight is 292 g/mol. The predicted octanol–water partition coefficient (Wildman–Crippen LogP) is 2.38. The van der Waals surface area contributed by atoms with Gasteiger partial charge < -0.3 is 5.32 Å². The Kier molecular flexibility index (Phi) is 2.82. The summed E-state index contributed by atoms with van der Waals surface area (Å²) in [7, 11) is 1.93. The lowest BCUT2D eigenvalue weighted by Crippen LogP contribution is -2.20. The van der Waals surface area contributed by atoms with Gasteiger partial charge in [-0.15, -0.1) is 0 Å². The maximum absolute atomic E-state index is 4.45. The summed E-state index contributed by atoms with van der Waals surface area (Å²) in [4.78, 5) is 4.32. The largest absolute Gasteiger partial charge is 0.324 e. The van der Waals surface area contributed by atoms with Crippen LogP contribution < -0.4 is 5.32 Å². The topological polar surface area (TPSA) is 60.6 Å². The zero-order valence-electron chi connectivity index (χ0n) is 12.4. The molecule has 6 heteroatoms. The van der Waals surface area contributed by atoms with Crippen molar-refractivity contribution in [2.75, 3.05) is 5.32 Å². The Morgan fingerprint density at radius 2 is 2.00 bits per heavy atom. The molecule has 0 fully saturated rings. The van der Waals surface area contributed by atoms with Gasteiger partial charge in [-0.1, -0.05) is 30.3 Å². The summed E-state index contributed by atoms with van der Waals surface area (Å²) in [5, 5.41) is 12.1. The van der Waals surface area contributed by atoms with Crippen molar-refractivity contribution < 1.29 is 0 Å². The number of hydrogen-bond acceptors (Lipinski definition) is 4. The quantitative estimate of drug-likeness (QED) is 0.788. The van der Waals surface area contributed by atoms with E-state index in [0.717, 1.165) is 28.5 Å². The first-order valence-corrected chi connectivity index (χ1v) is 7.16. The van der Waals surface area contributed by atoms with Crippen LogP contribution in [0.1, 0.15) is 22.9 Å². The molecule has 1 atom stereocenters. The maximum Gasteiger partial charge on any atom is 0.226 e. The van der Waals surface area contributed by atoms with Crippen LogP contribution in [0.3, 0.4) is 0 Å². The third-order valence-corrected chi connectivity index (χ3v) is 3.86. The van der Waals surface area contributed by atoms with E-state index >= 15 is 0 Å². The summed E-state index contributed by atoms with van der Waals surface area (Å²) in [6, 6.07) is 10.2. The minimum atomic E-state index is -0.0114. The van der Waals surface area contributed by atoms with E-state index in [0.29, 0.717) is 0 Å². The van der Waals surface area contributed by atoms with E-state index in [1.807, 2.05) is 47.7 Å². The Morgan fingerprint density at radius 3 is 2.73 bits per heavy atom. The van der Waals surface area contributed by atoms with E-state index in [2.05, 4.69) is 38.7 Å². The molecule has 0 saturated carbocycles. The number of anilines is 1. The normalized spacial score (nSPS) is 16.8. The molecule has 0 bridgehead atoms. The molecule has 110 valence electrons. The van der Waals surface area contributed by atoms with Gasteiger partial charge in [-0.2, -0.15) is 15.2 Å². The molecule has 0 saturated heterocycles. The molecule has 2 aromatic heterocycles. The second kappa shape index (κ2) is 4.84. The number of aromatic nitrogens is 5. The Morgan fingerprint density at radius 1 is 1.18 bits per heavy atom. The highest BCUT2D eigenvalue weighted by Crippen LogP contribution is 2.32.